The van der Waals surface area contributed by atoms with Gasteiger partial charge in [0.2, 0.25) is 11.8 Å². The van der Waals surface area contributed by atoms with Crippen molar-refractivity contribution in [2.45, 2.75) is 44.8 Å². The number of aromatic nitrogens is 4. The van der Waals surface area contributed by atoms with Crippen molar-refractivity contribution >= 4 is 17.1 Å². The summed E-state index contributed by atoms with van der Waals surface area (Å²) in [5.41, 5.74) is 7.63. The van der Waals surface area contributed by atoms with Gasteiger partial charge in [-0.15, -0.1) is 0 Å². The van der Waals surface area contributed by atoms with Gasteiger partial charge in [0.25, 0.3) is 0 Å². The van der Waals surface area contributed by atoms with E-state index < -0.39 is 11.4 Å². The van der Waals surface area contributed by atoms with Crippen molar-refractivity contribution in [1.82, 2.24) is 19.5 Å². The summed E-state index contributed by atoms with van der Waals surface area (Å²) in [6, 6.07) is 9.86. The van der Waals surface area contributed by atoms with Crippen molar-refractivity contribution in [1.29, 1.82) is 0 Å². The normalized spacial score (nSPS) is 17.8. The minimum atomic E-state index is -0.601. The molecular weight excluding hydrogens is 386 g/mol. The summed E-state index contributed by atoms with van der Waals surface area (Å²) in [6.07, 6.45) is 2.38. The van der Waals surface area contributed by atoms with Crippen LogP contribution in [0.1, 0.15) is 25.8 Å². The van der Waals surface area contributed by atoms with Crippen molar-refractivity contribution < 1.29 is 18.9 Å². The second-order valence-electron chi connectivity index (χ2n) is 7.89. The molecule has 1 fully saturated rings. The standard InChI is InChI=1S/C21H27N5O4/c1-20(2)29-12-21(27-3,13-30-20)9-10-26-14-23-16-17(26)24-19(22)25-18(16)28-11-15-7-5-4-6-8-15/h4-8,14H,9-13H2,1-3H3,(H2,22,24,25). The van der Waals surface area contributed by atoms with E-state index in [9.17, 15) is 0 Å². The fourth-order valence-electron chi connectivity index (χ4n) is 3.31. The van der Waals surface area contributed by atoms with E-state index in [2.05, 4.69) is 15.0 Å². The van der Waals surface area contributed by atoms with Crippen LogP contribution in [0.4, 0.5) is 5.95 Å². The Balaban J connectivity index is 1.51. The van der Waals surface area contributed by atoms with Crippen LogP contribution in [0.2, 0.25) is 0 Å². The molecule has 0 amide bonds. The molecular formula is C21H27N5O4. The first-order chi connectivity index (χ1) is 14.4. The van der Waals surface area contributed by atoms with Gasteiger partial charge in [0, 0.05) is 13.7 Å². The van der Waals surface area contributed by atoms with Gasteiger partial charge in [0.1, 0.15) is 12.2 Å². The molecule has 0 unspecified atom stereocenters. The van der Waals surface area contributed by atoms with Gasteiger partial charge >= 0.3 is 0 Å². The molecule has 0 aliphatic carbocycles. The van der Waals surface area contributed by atoms with Gasteiger partial charge in [0.15, 0.2) is 17.0 Å². The molecule has 3 aromatic rings. The monoisotopic (exact) mass is 413 g/mol. The van der Waals surface area contributed by atoms with E-state index in [0.717, 1.165) is 5.56 Å². The Bertz CT molecular complexity index is 995. The highest BCUT2D eigenvalue weighted by Gasteiger charge is 2.40. The number of anilines is 1. The molecule has 0 radical (unpaired) electrons. The minimum absolute atomic E-state index is 0.139. The van der Waals surface area contributed by atoms with Gasteiger partial charge in [-0.2, -0.15) is 9.97 Å². The summed E-state index contributed by atoms with van der Waals surface area (Å²) in [4.78, 5) is 13.1. The number of hydrogen-bond acceptors (Lipinski definition) is 8. The van der Waals surface area contributed by atoms with Crippen LogP contribution < -0.4 is 10.5 Å². The van der Waals surface area contributed by atoms with Crippen LogP contribution in [-0.2, 0) is 27.4 Å². The van der Waals surface area contributed by atoms with Crippen molar-refractivity contribution in [3.05, 3.63) is 42.2 Å². The Morgan fingerprint density at radius 2 is 1.87 bits per heavy atom. The lowest BCUT2D eigenvalue weighted by Crippen LogP contribution is -2.52. The summed E-state index contributed by atoms with van der Waals surface area (Å²) < 4.78 is 25.2. The van der Waals surface area contributed by atoms with Crippen LogP contribution in [0.15, 0.2) is 36.7 Å². The number of nitrogen functional groups attached to an aromatic ring is 1. The fourth-order valence-corrected chi connectivity index (χ4v) is 3.31. The van der Waals surface area contributed by atoms with Gasteiger partial charge in [0.05, 0.1) is 19.5 Å². The lowest BCUT2D eigenvalue weighted by atomic mass is 10.00. The van der Waals surface area contributed by atoms with E-state index in [1.807, 2.05) is 48.7 Å². The SMILES string of the molecule is COC1(CCn2cnc3c(OCc4ccccc4)nc(N)nc32)COC(C)(C)OC1. The maximum atomic E-state index is 5.93. The maximum absolute atomic E-state index is 5.93. The number of nitrogens with two attached hydrogens (primary N) is 1. The van der Waals surface area contributed by atoms with E-state index in [-0.39, 0.29) is 5.95 Å². The third-order valence-electron chi connectivity index (χ3n) is 5.27. The average molecular weight is 413 g/mol. The minimum Gasteiger partial charge on any atom is -0.471 e. The smallest absolute Gasteiger partial charge is 0.247 e. The van der Waals surface area contributed by atoms with Gasteiger partial charge in [-0.3, -0.25) is 0 Å². The first-order valence-electron chi connectivity index (χ1n) is 9.88. The highest BCUT2D eigenvalue weighted by atomic mass is 16.7. The number of fused-ring (bicyclic) bond motifs is 1. The quantitative estimate of drug-likeness (QED) is 0.630. The predicted molar refractivity (Wildman–Crippen MR) is 111 cm³/mol. The van der Waals surface area contributed by atoms with Gasteiger partial charge in [-0.05, 0) is 25.8 Å². The molecule has 1 aliphatic heterocycles. The molecule has 9 heteroatoms. The van der Waals surface area contributed by atoms with Crippen LogP contribution in [0.25, 0.3) is 11.2 Å². The Morgan fingerprint density at radius 3 is 2.57 bits per heavy atom. The van der Waals surface area contributed by atoms with E-state index in [4.69, 9.17) is 24.7 Å². The zero-order chi connectivity index (χ0) is 21.2. The van der Waals surface area contributed by atoms with Crippen LogP contribution in [0.5, 0.6) is 5.88 Å². The van der Waals surface area contributed by atoms with Crippen LogP contribution in [-0.4, -0.2) is 51.2 Å². The highest BCUT2D eigenvalue weighted by Crippen LogP contribution is 2.30. The molecule has 9 nitrogen and oxygen atoms in total. The van der Waals surface area contributed by atoms with Gasteiger partial charge < -0.3 is 29.2 Å². The molecule has 1 aromatic carbocycles. The molecule has 160 valence electrons. The van der Waals surface area contributed by atoms with Crippen molar-refractivity contribution in [3.63, 3.8) is 0 Å². The number of aryl methyl sites for hydroxylation is 1. The third kappa shape index (κ3) is 4.38. The molecule has 0 bridgehead atoms. The van der Waals surface area contributed by atoms with Crippen molar-refractivity contribution in [3.8, 4) is 5.88 Å². The summed E-state index contributed by atoms with van der Waals surface area (Å²) in [5.74, 6) is -0.0939. The predicted octanol–water partition coefficient (Wildman–Crippen LogP) is 2.55. The topological polar surface area (TPSA) is 107 Å². The molecule has 0 saturated carbocycles. The molecule has 3 heterocycles. The molecule has 30 heavy (non-hydrogen) atoms. The van der Waals surface area contributed by atoms with Crippen molar-refractivity contribution in [2.75, 3.05) is 26.1 Å². The summed E-state index contributed by atoms with van der Waals surface area (Å²) >= 11 is 0. The lowest BCUT2D eigenvalue weighted by molar-refractivity contribution is -0.307. The zero-order valence-corrected chi connectivity index (χ0v) is 17.5. The Labute approximate surface area is 175 Å². The second-order valence-corrected chi connectivity index (χ2v) is 7.89. The molecule has 1 aliphatic rings. The van der Waals surface area contributed by atoms with E-state index >= 15 is 0 Å². The van der Waals surface area contributed by atoms with Gasteiger partial charge in [-0.25, -0.2) is 4.98 Å². The van der Waals surface area contributed by atoms with E-state index in [0.29, 0.717) is 49.8 Å². The Hall–Kier alpha value is -2.75. The molecule has 2 aromatic heterocycles. The largest absolute Gasteiger partial charge is 0.471 e. The number of imidazole rings is 1. The number of benzene rings is 1. The summed E-state index contributed by atoms with van der Waals surface area (Å²) in [7, 11) is 1.67. The average Bonchev–Trinajstić information content (AvgIpc) is 3.15. The van der Waals surface area contributed by atoms with Crippen molar-refractivity contribution in [2.24, 2.45) is 0 Å². The highest BCUT2D eigenvalue weighted by molar-refractivity contribution is 5.77. The van der Waals surface area contributed by atoms with E-state index in [1.54, 1.807) is 13.4 Å². The summed E-state index contributed by atoms with van der Waals surface area (Å²) in [6.45, 7) is 5.67. The second kappa shape index (κ2) is 8.17. The number of hydrogen-bond donors (Lipinski definition) is 1. The maximum Gasteiger partial charge on any atom is 0.247 e. The molecule has 0 atom stereocenters. The number of nitrogens with zero attached hydrogens (tertiary/aromatic N) is 4. The van der Waals surface area contributed by atoms with Gasteiger partial charge in [-0.1, -0.05) is 30.3 Å². The first-order valence-corrected chi connectivity index (χ1v) is 9.88. The van der Waals surface area contributed by atoms with E-state index in [1.165, 1.54) is 0 Å². The fraction of sp³-hybridized carbons (Fsp3) is 0.476. The van der Waals surface area contributed by atoms with Crippen LogP contribution >= 0.6 is 0 Å². The molecule has 4 rings (SSSR count). The molecule has 0 spiro atoms. The number of methoxy groups -OCH3 is 1. The Kier molecular flexibility index (Phi) is 5.59. The third-order valence-corrected chi connectivity index (χ3v) is 5.27. The summed E-state index contributed by atoms with van der Waals surface area (Å²) in [5, 5.41) is 0. The number of rotatable bonds is 7. The molecule has 1 saturated heterocycles. The Morgan fingerprint density at radius 1 is 1.13 bits per heavy atom. The van der Waals surface area contributed by atoms with Crippen LogP contribution in [0, 0.1) is 0 Å². The number of ether oxygens (including phenoxy) is 4. The van der Waals surface area contributed by atoms with Crippen LogP contribution in [0.3, 0.4) is 0 Å². The first kappa shape index (κ1) is 20.5. The zero-order valence-electron chi connectivity index (χ0n) is 17.5. The lowest BCUT2D eigenvalue weighted by Gasteiger charge is -2.42. The molecule has 2 N–H and O–H groups in total.